The lowest BCUT2D eigenvalue weighted by Gasteiger charge is -2.10. The van der Waals surface area contributed by atoms with Crippen LogP contribution in [0.25, 0.3) is 0 Å². The van der Waals surface area contributed by atoms with Crippen molar-refractivity contribution in [3.8, 4) is 5.75 Å². The van der Waals surface area contributed by atoms with Gasteiger partial charge in [0.1, 0.15) is 18.9 Å². The summed E-state index contributed by atoms with van der Waals surface area (Å²) in [5.41, 5.74) is 3.72. The van der Waals surface area contributed by atoms with Crippen LogP contribution in [0, 0.1) is 6.92 Å². The Morgan fingerprint density at radius 3 is 2.44 bits per heavy atom. The molecule has 94 valence electrons. The Hall–Kier alpha value is -1.80. The molecular weight excluding hydrogens is 222 g/mol. The molecule has 2 aromatic carbocycles. The van der Waals surface area contributed by atoms with E-state index in [1.807, 2.05) is 12.1 Å². The molecule has 0 bridgehead atoms. The molecule has 0 aromatic heterocycles. The molecule has 2 nitrogen and oxygen atoms in total. The second kappa shape index (κ2) is 6.22. The average molecular weight is 242 g/mol. The van der Waals surface area contributed by atoms with Gasteiger partial charge in [-0.1, -0.05) is 42.0 Å². The number of benzene rings is 2. The van der Waals surface area contributed by atoms with E-state index in [0.29, 0.717) is 6.61 Å². The van der Waals surface area contributed by atoms with Crippen molar-refractivity contribution in [2.75, 3.05) is 7.05 Å². The first kappa shape index (κ1) is 12.7. The van der Waals surface area contributed by atoms with Crippen molar-refractivity contribution in [1.82, 2.24) is 0 Å². The van der Waals surface area contributed by atoms with Crippen LogP contribution >= 0.6 is 0 Å². The molecule has 0 aliphatic carbocycles. The highest BCUT2D eigenvalue weighted by Gasteiger charge is 2.03. The lowest BCUT2D eigenvalue weighted by atomic mass is 10.1. The highest BCUT2D eigenvalue weighted by molar-refractivity contribution is 5.33. The Kier molecular flexibility index (Phi) is 4.37. The topological polar surface area (TPSA) is 25.8 Å². The predicted molar refractivity (Wildman–Crippen MR) is 73.5 cm³/mol. The molecular formula is C16H20NO+. The van der Waals surface area contributed by atoms with E-state index in [1.54, 1.807) is 0 Å². The van der Waals surface area contributed by atoms with Crippen LogP contribution in [0.15, 0.2) is 48.5 Å². The molecule has 0 aliphatic rings. The minimum atomic E-state index is 0.626. The number of hydrogen-bond acceptors (Lipinski definition) is 1. The smallest absolute Gasteiger partial charge is 0.128 e. The molecule has 0 saturated carbocycles. The first-order chi connectivity index (χ1) is 8.79. The van der Waals surface area contributed by atoms with Crippen LogP contribution in [-0.2, 0) is 13.2 Å². The number of aryl methyl sites for hydroxylation is 1. The van der Waals surface area contributed by atoms with Crippen LogP contribution in [0.3, 0.4) is 0 Å². The molecule has 0 saturated heterocycles. The Balaban J connectivity index is 2.03. The van der Waals surface area contributed by atoms with E-state index < -0.39 is 0 Å². The molecule has 0 fully saturated rings. The summed E-state index contributed by atoms with van der Waals surface area (Å²) in [6.07, 6.45) is 0. The minimum absolute atomic E-state index is 0.626. The molecule has 0 aliphatic heterocycles. The van der Waals surface area contributed by atoms with E-state index in [4.69, 9.17) is 4.74 Å². The maximum absolute atomic E-state index is 5.90. The summed E-state index contributed by atoms with van der Waals surface area (Å²) >= 11 is 0. The second-order valence-corrected chi connectivity index (χ2v) is 4.49. The first-order valence-electron chi connectivity index (χ1n) is 6.33. The summed E-state index contributed by atoms with van der Waals surface area (Å²) in [5.74, 6) is 0.983. The van der Waals surface area contributed by atoms with Crippen LogP contribution in [0.2, 0.25) is 0 Å². The van der Waals surface area contributed by atoms with E-state index >= 15 is 0 Å². The standard InChI is InChI=1S/C16H19NO/c1-13-7-9-14(10-8-13)12-18-16-6-4-3-5-15(16)11-17-2/h3-10,17H,11-12H2,1-2H3/p+1. The number of quaternary nitrogens is 1. The van der Waals surface area contributed by atoms with E-state index in [-0.39, 0.29) is 0 Å². The Morgan fingerprint density at radius 2 is 1.72 bits per heavy atom. The maximum atomic E-state index is 5.90. The van der Waals surface area contributed by atoms with Crippen LogP contribution in [-0.4, -0.2) is 7.05 Å². The molecule has 2 N–H and O–H groups in total. The second-order valence-electron chi connectivity index (χ2n) is 4.49. The van der Waals surface area contributed by atoms with Crippen LogP contribution in [0.4, 0.5) is 0 Å². The fourth-order valence-corrected chi connectivity index (χ4v) is 1.88. The van der Waals surface area contributed by atoms with Crippen molar-refractivity contribution in [3.63, 3.8) is 0 Å². The summed E-state index contributed by atoms with van der Waals surface area (Å²) in [6, 6.07) is 16.7. The third-order valence-electron chi connectivity index (χ3n) is 2.91. The molecule has 0 unspecified atom stereocenters. The SMILES string of the molecule is C[NH2+]Cc1ccccc1OCc1ccc(C)cc1. The zero-order chi connectivity index (χ0) is 12.8. The lowest BCUT2D eigenvalue weighted by Crippen LogP contribution is -2.77. The van der Waals surface area contributed by atoms with Crippen molar-refractivity contribution < 1.29 is 10.1 Å². The highest BCUT2D eigenvalue weighted by Crippen LogP contribution is 2.18. The van der Waals surface area contributed by atoms with Gasteiger partial charge in [0.15, 0.2) is 0 Å². The normalized spacial score (nSPS) is 10.3. The van der Waals surface area contributed by atoms with Crippen molar-refractivity contribution in [2.45, 2.75) is 20.1 Å². The summed E-state index contributed by atoms with van der Waals surface area (Å²) in [7, 11) is 2.07. The van der Waals surface area contributed by atoms with Crippen LogP contribution in [0.5, 0.6) is 5.75 Å². The van der Waals surface area contributed by atoms with Gasteiger partial charge in [0.25, 0.3) is 0 Å². The molecule has 0 amide bonds. The average Bonchev–Trinajstić information content (AvgIpc) is 2.40. The minimum Gasteiger partial charge on any atom is -0.488 e. The van der Waals surface area contributed by atoms with Gasteiger partial charge in [-0.15, -0.1) is 0 Å². The van der Waals surface area contributed by atoms with Crippen molar-refractivity contribution >= 4 is 0 Å². The van der Waals surface area contributed by atoms with Crippen LogP contribution in [0.1, 0.15) is 16.7 Å². The fourth-order valence-electron chi connectivity index (χ4n) is 1.88. The van der Waals surface area contributed by atoms with E-state index in [1.165, 1.54) is 16.7 Å². The molecule has 2 aromatic rings. The quantitative estimate of drug-likeness (QED) is 0.855. The van der Waals surface area contributed by atoms with Gasteiger partial charge in [-0.2, -0.15) is 0 Å². The Bertz CT molecular complexity index is 491. The molecule has 0 radical (unpaired) electrons. The van der Waals surface area contributed by atoms with E-state index in [2.05, 4.69) is 55.7 Å². The van der Waals surface area contributed by atoms with Gasteiger partial charge in [-0.05, 0) is 24.6 Å². The number of rotatable bonds is 5. The summed E-state index contributed by atoms with van der Waals surface area (Å²) < 4.78 is 5.90. The molecule has 18 heavy (non-hydrogen) atoms. The van der Waals surface area contributed by atoms with Crippen molar-refractivity contribution in [2.24, 2.45) is 0 Å². The number of ether oxygens (including phenoxy) is 1. The number of hydrogen-bond donors (Lipinski definition) is 1. The van der Waals surface area contributed by atoms with Gasteiger partial charge in [0.2, 0.25) is 0 Å². The predicted octanol–water partition coefficient (Wildman–Crippen LogP) is 2.27. The Labute approximate surface area is 109 Å². The van der Waals surface area contributed by atoms with Gasteiger partial charge in [0.05, 0.1) is 7.05 Å². The van der Waals surface area contributed by atoms with Gasteiger partial charge >= 0.3 is 0 Å². The summed E-state index contributed by atoms with van der Waals surface area (Å²) in [6.45, 7) is 3.67. The van der Waals surface area contributed by atoms with Gasteiger partial charge in [-0.3, -0.25) is 0 Å². The fraction of sp³-hybridized carbons (Fsp3) is 0.250. The van der Waals surface area contributed by atoms with E-state index in [9.17, 15) is 0 Å². The first-order valence-corrected chi connectivity index (χ1v) is 6.33. The van der Waals surface area contributed by atoms with Gasteiger partial charge in [0, 0.05) is 5.56 Å². The largest absolute Gasteiger partial charge is 0.488 e. The third kappa shape index (κ3) is 3.34. The van der Waals surface area contributed by atoms with Crippen molar-refractivity contribution in [3.05, 3.63) is 65.2 Å². The monoisotopic (exact) mass is 242 g/mol. The third-order valence-corrected chi connectivity index (χ3v) is 2.91. The van der Waals surface area contributed by atoms with Crippen LogP contribution < -0.4 is 10.1 Å². The van der Waals surface area contributed by atoms with E-state index in [0.717, 1.165) is 12.3 Å². The summed E-state index contributed by atoms with van der Waals surface area (Å²) in [4.78, 5) is 0. The highest BCUT2D eigenvalue weighted by atomic mass is 16.5. The van der Waals surface area contributed by atoms with Crippen molar-refractivity contribution in [1.29, 1.82) is 0 Å². The molecule has 0 heterocycles. The molecule has 2 rings (SSSR count). The zero-order valence-corrected chi connectivity index (χ0v) is 11.0. The number of nitrogens with two attached hydrogens (primary N) is 1. The number of para-hydroxylation sites is 1. The van der Waals surface area contributed by atoms with Gasteiger partial charge in [-0.25, -0.2) is 0 Å². The zero-order valence-electron chi connectivity index (χ0n) is 11.0. The molecule has 2 heteroatoms. The van der Waals surface area contributed by atoms with Gasteiger partial charge < -0.3 is 10.1 Å². The lowest BCUT2D eigenvalue weighted by molar-refractivity contribution is -0.643. The Morgan fingerprint density at radius 1 is 1.00 bits per heavy atom. The molecule has 0 spiro atoms. The maximum Gasteiger partial charge on any atom is 0.128 e. The summed E-state index contributed by atoms with van der Waals surface area (Å²) in [5, 5.41) is 2.15. The molecule has 0 atom stereocenters.